The largest absolute Gasteiger partial charge is 0.462 e. The summed E-state index contributed by atoms with van der Waals surface area (Å²) in [6.07, 6.45) is 5.52. The Kier molecular flexibility index (Phi) is 4.20. The zero-order valence-electron chi connectivity index (χ0n) is 15.4. The molecule has 0 radical (unpaired) electrons. The van der Waals surface area contributed by atoms with Gasteiger partial charge in [-0.25, -0.2) is 4.98 Å². The maximum atomic E-state index is 13.2. The number of piperidine rings is 1. The smallest absolute Gasteiger partial charge is 0.273 e. The highest BCUT2D eigenvalue weighted by Gasteiger charge is 2.30. The van der Waals surface area contributed by atoms with Gasteiger partial charge in [-0.05, 0) is 44.0 Å². The van der Waals surface area contributed by atoms with Gasteiger partial charge >= 0.3 is 0 Å². The van der Waals surface area contributed by atoms with E-state index in [4.69, 9.17) is 4.42 Å². The summed E-state index contributed by atoms with van der Waals surface area (Å²) >= 11 is 1.49. The molecule has 1 saturated heterocycles. The molecule has 0 aromatic carbocycles. The fourth-order valence-electron chi connectivity index (χ4n) is 3.76. The van der Waals surface area contributed by atoms with Gasteiger partial charge in [-0.15, -0.1) is 21.5 Å². The number of pyridine rings is 1. The molecule has 5 rings (SSSR count). The van der Waals surface area contributed by atoms with Crippen LogP contribution in [0.15, 0.2) is 47.2 Å². The molecule has 142 valence electrons. The first kappa shape index (κ1) is 17.1. The van der Waals surface area contributed by atoms with Gasteiger partial charge in [0.05, 0.1) is 6.26 Å². The molecule has 0 spiro atoms. The topological polar surface area (TPSA) is 76.5 Å². The molecule has 7 nitrogen and oxygen atoms in total. The lowest BCUT2D eigenvalue weighted by Crippen LogP contribution is -2.40. The minimum atomic E-state index is -0.0231. The normalized spacial score (nSPS) is 17.3. The SMILES string of the molecule is Cc1sc(-c2ccco2)nc1C(=O)N1CCCC(c2nnc3ccccn23)C1. The number of amides is 1. The minimum Gasteiger partial charge on any atom is -0.462 e. The Morgan fingerprint density at radius 2 is 2.18 bits per heavy atom. The third-order valence-corrected chi connectivity index (χ3v) is 6.13. The van der Waals surface area contributed by atoms with Crippen molar-refractivity contribution in [2.45, 2.75) is 25.7 Å². The fraction of sp³-hybridized carbons (Fsp3) is 0.300. The molecular weight excluding hydrogens is 374 g/mol. The summed E-state index contributed by atoms with van der Waals surface area (Å²) in [5.74, 6) is 1.75. The van der Waals surface area contributed by atoms with Crippen LogP contribution >= 0.6 is 11.3 Å². The number of aromatic nitrogens is 4. The second-order valence-electron chi connectivity index (χ2n) is 6.98. The zero-order valence-corrected chi connectivity index (χ0v) is 16.2. The van der Waals surface area contributed by atoms with Crippen molar-refractivity contribution in [3.8, 4) is 10.8 Å². The van der Waals surface area contributed by atoms with Crippen molar-refractivity contribution < 1.29 is 9.21 Å². The van der Waals surface area contributed by atoms with Gasteiger partial charge in [0.2, 0.25) is 0 Å². The van der Waals surface area contributed by atoms with Crippen molar-refractivity contribution in [3.63, 3.8) is 0 Å². The first-order chi connectivity index (χ1) is 13.7. The Morgan fingerprint density at radius 1 is 1.25 bits per heavy atom. The summed E-state index contributed by atoms with van der Waals surface area (Å²) < 4.78 is 7.44. The second-order valence-corrected chi connectivity index (χ2v) is 8.18. The van der Waals surface area contributed by atoms with Crippen molar-refractivity contribution in [2.24, 2.45) is 0 Å². The first-order valence-corrected chi connectivity index (χ1v) is 10.1. The van der Waals surface area contributed by atoms with E-state index in [0.717, 1.165) is 40.7 Å². The molecule has 4 aromatic rings. The highest BCUT2D eigenvalue weighted by Crippen LogP contribution is 2.31. The lowest BCUT2D eigenvalue weighted by Gasteiger charge is -2.31. The molecule has 5 heterocycles. The average molecular weight is 393 g/mol. The minimum absolute atomic E-state index is 0.0231. The molecular formula is C20H19N5O2S. The van der Waals surface area contributed by atoms with E-state index < -0.39 is 0 Å². The summed E-state index contributed by atoms with van der Waals surface area (Å²) in [6, 6.07) is 9.55. The molecule has 1 unspecified atom stereocenters. The van der Waals surface area contributed by atoms with Gasteiger partial charge in [0, 0.05) is 30.1 Å². The maximum Gasteiger partial charge on any atom is 0.273 e. The average Bonchev–Trinajstić information content (AvgIpc) is 3.47. The highest BCUT2D eigenvalue weighted by atomic mass is 32.1. The zero-order chi connectivity index (χ0) is 19.1. The third-order valence-electron chi connectivity index (χ3n) is 5.14. The number of fused-ring (bicyclic) bond motifs is 1. The van der Waals surface area contributed by atoms with Crippen LogP contribution in [0.5, 0.6) is 0 Å². The number of carbonyl (C=O) groups excluding carboxylic acids is 1. The van der Waals surface area contributed by atoms with E-state index in [1.165, 1.54) is 11.3 Å². The molecule has 0 saturated carbocycles. The first-order valence-electron chi connectivity index (χ1n) is 9.31. The van der Waals surface area contributed by atoms with Crippen LogP contribution in [-0.4, -0.2) is 43.5 Å². The molecule has 1 atom stereocenters. The van der Waals surface area contributed by atoms with E-state index in [2.05, 4.69) is 15.2 Å². The molecule has 0 bridgehead atoms. The van der Waals surface area contributed by atoms with Crippen molar-refractivity contribution in [2.75, 3.05) is 13.1 Å². The van der Waals surface area contributed by atoms with E-state index in [1.54, 1.807) is 6.26 Å². The molecule has 28 heavy (non-hydrogen) atoms. The van der Waals surface area contributed by atoms with Crippen LogP contribution in [0.1, 0.15) is 39.9 Å². The number of nitrogens with zero attached hydrogens (tertiary/aromatic N) is 5. The fourth-order valence-corrected chi connectivity index (χ4v) is 4.63. The number of furan rings is 1. The summed E-state index contributed by atoms with van der Waals surface area (Å²) in [5.41, 5.74) is 1.35. The van der Waals surface area contributed by atoms with Crippen LogP contribution in [0, 0.1) is 6.92 Å². The van der Waals surface area contributed by atoms with Gasteiger partial charge < -0.3 is 9.32 Å². The monoisotopic (exact) mass is 393 g/mol. The predicted octanol–water partition coefficient (Wildman–Crippen LogP) is 3.77. The van der Waals surface area contributed by atoms with Gasteiger partial charge in [-0.2, -0.15) is 0 Å². The Labute approximate surface area is 165 Å². The van der Waals surface area contributed by atoms with Gasteiger partial charge in [-0.3, -0.25) is 9.20 Å². The van der Waals surface area contributed by atoms with E-state index in [1.807, 2.05) is 52.8 Å². The Morgan fingerprint density at radius 3 is 3.04 bits per heavy atom. The molecule has 0 aliphatic carbocycles. The van der Waals surface area contributed by atoms with Gasteiger partial charge in [-0.1, -0.05) is 6.07 Å². The number of thiazole rings is 1. The molecule has 4 aromatic heterocycles. The maximum absolute atomic E-state index is 13.2. The Bertz CT molecular complexity index is 1130. The van der Waals surface area contributed by atoms with Gasteiger partial charge in [0.25, 0.3) is 5.91 Å². The lowest BCUT2D eigenvalue weighted by atomic mass is 9.97. The second kappa shape index (κ2) is 6.87. The molecule has 1 fully saturated rings. The van der Waals surface area contributed by atoms with E-state index in [-0.39, 0.29) is 11.8 Å². The number of hydrogen-bond donors (Lipinski definition) is 0. The van der Waals surface area contributed by atoms with Crippen molar-refractivity contribution in [1.29, 1.82) is 0 Å². The predicted molar refractivity (Wildman–Crippen MR) is 105 cm³/mol. The van der Waals surface area contributed by atoms with E-state index in [9.17, 15) is 4.79 Å². The molecule has 1 amide bonds. The standard InChI is InChI=1S/C20H19N5O2S/c1-13-17(21-19(28-13)15-7-5-11-27-15)20(26)24-9-4-6-14(12-24)18-23-22-16-8-2-3-10-25(16)18/h2-3,5,7-8,10-11,14H,4,6,9,12H2,1H3. The summed E-state index contributed by atoms with van der Waals surface area (Å²) in [5, 5.41) is 9.38. The molecule has 1 aliphatic rings. The van der Waals surface area contributed by atoms with E-state index >= 15 is 0 Å². The summed E-state index contributed by atoms with van der Waals surface area (Å²) in [6.45, 7) is 3.30. The van der Waals surface area contributed by atoms with Crippen molar-refractivity contribution in [3.05, 3.63) is 59.2 Å². The Hall–Kier alpha value is -3.00. The van der Waals surface area contributed by atoms with Crippen LogP contribution < -0.4 is 0 Å². The van der Waals surface area contributed by atoms with Crippen LogP contribution in [0.25, 0.3) is 16.4 Å². The van der Waals surface area contributed by atoms with Crippen LogP contribution in [0.2, 0.25) is 0 Å². The lowest BCUT2D eigenvalue weighted by molar-refractivity contribution is 0.0698. The molecule has 1 aliphatic heterocycles. The Balaban J connectivity index is 1.40. The highest BCUT2D eigenvalue weighted by molar-refractivity contribution is 7.15. The van der Waals surface area contributed by atoms with Crippen molar-refractivity contribution in [1.82, 2.24) is 24.5 Å². The number of likely N-dealkylation sites (tertiary alicyclic amines) is 1. The number of rotatable bonds is 3. The van der Waals surface area contributed by atoms with Crippen LogP contribution in [0.4, 0.5) is 0 Å². The summed E-state index contributed by atoms with van der Waals surface area (Å²) in [7, 11) is 0. The third kappa shape index (κ3) is 2.90. The van der Waals surface area contributed by atoms with Crippen LogP contribution in [0.3, 0.4) is 0 Å². The quantitative estimate of drug-likeness (QED) is 0.529. The van der Waals surface area contributed by atoms with Gasteiger partial charge in [0.15, 0.2) is 16.4 Å². The van der Waals surface area contributed by atoms with Gasteiger partial charge in [0.1, 0.15) is 11.5 Å². The number of aryl methyl sites for hydroxylation is 1. The van der Waals surface area contributed by atoms with Crippen LogP contribution in [-0.2, 0) is 0 Å². The van der Waals surface area contributed by atoms with Crippen molar-refractivity contribution >= 4 is 22.9 Å². The molecule has 8 heteroatoms. The van der Waals surface area contributed by atoms with E-state index in [0.29, 0.717) is 18.0 Å². The molecule has 0 N–H and O–H groups in total. The number of hydrogen-bond acceptors (Lipinski definition) is 6. The summed E-state index contributed by atoms with van der Waals surface area (Å²) in [4.78, 5) is 20.5. The number of carbonyl (C=O) groups is 1.